The number of nitrogens with zero attached hydrogens (tertiary/aromatic N) is 4. The fraction of sp³-hybridized carbons (Fsp3) is 0.318. The van der Waals surface area contributed by atoms with Gasteiger partial charge in [0.1, 0.15) is 29.1 Å². The highest BCUT2D eigenvalue weighted by molar-refractivity contribution is 7.89. The van der Waals surface area contributed by atoms with Crippen LogP contribution in [0.3, 0.4) is 0 Å². The van der Waals surface area contributed by atoms with Crippen LogP contribution in [0.2, 0.25) is 0 Å². The number of rotatable bonds is 4. The minimum absolute atomic E-state index is 0.215. The maximum Gasteiger partial charge on any atom is 0.272 e. The summed E-state index contributed by atoms with van der Waals surface area (Å²) < 4.78 is 31.1. The minimum atomic E-state index is -3.39. The largest absolute Gasteiger partial charge is 0.464 e. The molecule has 1 fully saturated rings. The first-order valence-corrected chi connectivity index (χ1v) is 12.3. The van der Waals surface area contributed by atoms with Crippen LogP contribution in [0, 0.1) is 0 Å². The Labute approximate surface area is 184 Å². The summed E-state index contributed by atoms with van der Waals surface area (Å²) in [6, 6.07) is 9.11. The van der Waals surface area contributed by atoms with Gasteiger partial charge in [-0.15, -0.1) is 0 Å². The first-order valence-electron chi connectivity index (χ1n) is 10.3. The molecule has 0 radical (unpaired) electrons. The lowest BCUT2D eigenvalue weighted by Crippen LogP contribution is -2.40. The van der Waals surface area contributed by atoms with E-state index in [4.69, 9.17) is 4.42 Å². The zero-order chi connectivity index (χ0) is 22.5. The standard InChI is InChI=1S/C22H22N4O5S/c1-32(29,30)13-26-19-10-18(22(28)25-8-6-14(27)7-9-25)23-11-16(19)21(24-26)17-12-31-20-5-3-2-4-15(17)20/h2-5,10-12,14,27H,6-9,13H2,1H3. The predicted octanol–water partition coefficient (Wildman–Crippen LogP) is 2.44. The van der Waals surface area contributed by atoms with Crippen LogP contribution < -0.4 is 0 Å². The molecule has 0 atom stereocenters. The molecule has 1 aliphatic heterocycles. The molecule has 1 N–H and O–H groups in total. The fourth-order valence-corrected chi connectivity index (χ4v) is 4.74. The lowest BCUT2D eigenvalue weighted by Gasteiger charge is -2.29. The Balaban J connectivity index is 1.63. The number of furan rings is 1. The monoisotopic (exact) mass is 454 g/mol. The molecule has 1 aliphatic rings. The second-order valence-corrected chi connectivity index (χ2v) is 10.3. The summed E-state index contributed by atoms with van der Waals surface area (Å²) in [5.74, 6) is -0.575. The Morgan fingerprint density at radius 1 is 1.22 bits per heavy atom. The van der Waals surface area contributed by atoms with Crippen LogP contribution in [-0.4, -0.2) is 64.5 Å². The van der Waals surface area contributed by atoms with Crippen molar-refractivity contribution in [3.05, 3.63) is 48.5 Å². The SMILES string of the molecule is CS(=O)(=O)Cn1nc(-c2coc3ccccc23)c2cnc(C(=O)N3CCC(O)CC3)cc21. The third kappa shape index (κ3) is 3.76. The molecule has 0 unspecified atom stereocenters. The Bertz CT molecular complexity index is 1430. The van der Waals surface area contributed by atoms with Gasteiger partial charge in [-0.3, -0.25) is 9.78 Å². The number of carbonyl (C=O) groups excluding carboxylic acids is 1. The summed E-state index contributed by atoms with van der Waals surface area (Å²) in [5.41, 5.74) is 2.68. The smallest absolute Gasteiger partial charge is 0.272 e. The average molecular weight is 455 g/mol. The van der Waals surface area contributed by atoms with E-state index >= 15 is 0 Å². The van der Waals surface area contributed by atoms with Gasteiger partial charge in [-0.2, -0.15) is 5.10 Å². The van der Waals surface area contributed by atoms with E-state index in [1.807, 2.05) is 24.3 Å². The molecule has 1 saturated heterocycles. The van der Waals surface area contributed by atoms with E-state index in [2.05, 4.69) is 10.1 Å². The molecule has 4 heterocycles. The first kappa shape index (κ1) is 20.7. The van der Waals surface area contributed by atoms with Crippen molar-refractivity contribution in [2.45, 2.75) is 24.8 Å². The Morgan fingerprint density at radius 2 is 1.97 bits per heavy atom. The van der Waals surface area contributed by atoms with Crippen LogP contribution in [0.5, 0.6) is 0 Å². The van der Waals surface area contributed by atoms with Crippen molar-refractivity contribution in [1.29, 1.82) is 0 Å². The van der Waals surface area contributed by atoms with Crippen LogP contribution in [0.1, 0.15) is 23.3 Å². The average Bonchev–Trinajstić information content (AvgIpc) is 3.34. The molecular weight excluding hydrogens is 432 g/mol. The van der Waals surface area contributed by atoms with Gasteiger partial charge in [-0.25, -0.2) is 13.1 Å². The summed E-state index contributed by atoms with van der Waals surface area (Å²) in [7, 11) is -3.39. The van der Waals surface area contributed by atoms with Gasteiger partial charge in [0.15, 0.2) is 9.84 Å². The van der Waals surface area contributed by atoms with Gasteiger partial charge in [-0.05, 0) is 25.0 Å². The molecule has 32 heavy (non-hydrogen) atoms. The summed E-state index contributed by atoms with van der Waals surface area (Å²) in [5, 5.41) is 15.8. The van der Waals surface area contributed by atoms with E-state index in [-0.39, 0.29) is 17.5 Å². The molecule has 0 aliphatic carbocycles. The molecule has 0 bridgehead atoms. The summed E-state index contributed by atoms with van der Waals surface area (Å²) in [6.45, 7) is 0.906. The summed E-state index contributed by atoms with van der Waals surface area (Å²) >= 11 is 0. The number of aromatic nitrogens is 3. The predicted molar refractivity (Wildman–Crippen MR) is 119 cm³/mol. The Morgan fingerprint density at radius 3 is 2.72 bits per heavy atom. The van der Waals surface area contributed by atoms with Gasteiger partial charge < -0.3 is 14.4 Å². The summed E-state index contributed by atoms with van der Waals surface area (Å²) in [6.07, 6.45) is 4.95. The van der Waals surface area contributed by atoms with Gasteiger partial charge >= 0.3 is 0 Å². The number of sulfone groups is 1. The van der Waals surface area contributed by atoms with E-state index in [0.29, 0.717) is 48.1 Å². The minimum Gasteiger partial charge on any atom is -0.464 e. The third-order valence-electron chi connectivity index (χ3n) is 5.70. The van der Waals surface area contributed by atoms with Crippen LogP contribution in [-0.2, 0) is 15.7 Å². The Hall–Kier alpha value is -3.24. The maximum absolute atomic E-state index is 13.0. The van der Waals surface area contributed by atoms with Crippen LogP contribution in [0.4, 0.5) is 0 Å². The molecule has 4 aromatic rings. The number of hydrogen-bond donors (Lipinski definition) is 1. The second-order valence-electron chi connectivity index (χ2n) is 8.16. The second kappa shape index (κ2) is 7.72. The van der Waals surface area contributed by atoms with Crippen molar-refractivity contribution in [3.8, 4) is 11.3 Å². The molecule has 5 rings (SSSR count). The van der Waals surface area contributed by atoms with Crippen molar-refractivity contribution in [3.63, 3.8) is 0 Å². The normalized spacial score (nSPS) is 15.6. The van der Waals surface area contributed by atoms with E-state index in [0.717, 1.165) is 17.2 Å². The molecule has 9 nitrogen and oxygen atoms in total. The zero-order valence-corrected chi connectivity index (χ0v) is 18.2. The van der Waals surface area contributed by atoms with Crippen molar-refractivity contribution in [2.75, 3.05) is 19.3 Å². The number of aliphatic hydroxyl groups excluding tert-OH is 1. The van der Waals surface area contributed by atoms with Crippen molar-refractivity contribution in [2.24, 2.45) is 0 Å². The number of likely N-dealkylation sites (tertiary alicyclic amines) is 1. The third-order valence-corrected chi connectivity index (χ3v) is 6.41. The highest BCUT2D eigenvalue weighted by Gasteiger charge is 2.25. The maximum atomic E-state index is 13.0. The van der Waals surface area contributed by atoms with Gasteiger partial charge in [0, 0.05) is 41.9 Å². The lowest BCUT2D eigenvalue weighted by molar-refractivity contribution is 0.0541. The van der Waals surface area contributed by atoms with Crippen molar-refractivity contribution in [1.82, 2.24) is 19.7 Å². The van der Waals surface area contributed by atoms with E-state index in [1.165, 1.54) is 4.68 Å². The summed E-state index contributed by atoms with van der Waals surface area (Å²) in [4.78, 5) is 19.0. The molecular formula is C22H22N4O5S. The number of carbonyl (C=O) groups is 1. The zero-order valence-electron chi connectivity index (χ0n) is 17.4. The molecule has 0 saturated carbocycles. The number of piperidine rings is 1. The highest BCUT2D eigenvalue weighted by atomic mass is 32.2. The van der Waals surface area contributed by atoms with Crippen LogP contribution in [0.25, 0.3) is 33.1 Å². The number of fused-ring (bicyclic) bond motifs is 2. The highest BCUT2D eigenvalue weighted by Crippen LogP contribution is 2.34. The number of para-hydroxylation sites is 1. The number of pyridine rings is 1. The molecule has 1 amide bonds. The van der Waals surface area contributed by atoms with E-state index in [9.17, 15) is 18.3 Å². The topological polar surface area (TPSA) is 119 Å². The van der Waals surface area contributed by atoms with Gasteiger partial charge in [0.25, 0.3) is 5.91 Å². The molecule has 10 heteroatoms. The number of hydrogen-bond acceptors (Lipinski definition) is 7. The molecule has 3 aromatic heterocycles. The lowest BCUT2D eigenvalue weighted by atomic mass is 10.1. The van der Waals surface area contributed by atoms with Crippen molar-refractivity contribution < 1.29 is 22.7 Å². The first-order chi connectivity index (χ1) is 15.3. The van der Waals surface area contributed by atoms with E-state index < -0.39 is 15.9 Å². The quantitative estimate of drug-likeness (QED) is 0.503. The van der Waals surface area contributed by atoms with E-state index in [1.54, 1.807) is 23.4 Å². The van der Waals surface area contributed by atoms with Crippen molar-refractivity contribution >= 4 is 37.6 Å². The molecule has 0 spiro atoms. The fourth-order valence-electron chi connectivity index (χ4n) is 4.10. The van der Waals surface area contributed by atoms with Crippen LogP contribution in [0.15, 0.2) is 47.2 Å². The molecule has 166 valence electrons. The van der Waals surface area contributed by atoms with Gasteiger partial charge in [0.2, 0.25) is 0 Å². The number of benzene rings is 1. The number of amides is 1. The van der Waals surface area contributed by atoms with Crippen LogP contribution >= 0.6 is 0 Å². The molecule has 1 aromatic carbocycles. The Kier molecular flexibility index (Phi) is 4.98. The van der Waals surface area contributed by atoms with Gasteiger partial charge in [0.05, 0.1) is 11.6 Å². The van der Waals surface area contributed by atoms with Gasteiger partial charge in [-0.1, -0.05) is 18.2 Å². The number of aliphatic hydroxyl groups is 1.